The fraction of sp³-hybridized carbons (Fsp3) is 0.435. The fourth-order valence-corrected chi connectivity index (χ4v) is 5.84. The molecule has 0 unspecified atom stereocenters. The van der Waals surface area contributed by atoms with Gasteiger partial charge in [-0.2, -0.15) is 4.31 Å². The molecule has 0 spiro atoms. The highest BCUT2D eigenvalue weighted by molar-refractivity contribution is 7.89. The Labute approximate surface area is 182 Å². The molecular formula is C23H28F2N2O3S. The SMILES string of the molecule is C[C@@H]1C[C@@H](C)CN(S(=O)(=O)c2cccc(C(=O)N(C)[C@@H](C)c3ccc(F)c(F)c3)c2)C1. The van der Waals surface area contributed by atoms with Crippen LogP contribution in [0.15, 0.2) is 47.4 Å². The van der Waals surface area contributed by atoms with E-state index in [-0.39, 0.29) is 22.3 Å². The minimum atomic E-state index is -3.72. The minimum absolute atomic E-state index is 0.0773. The second-order valence-corrected chi connectivity index (χ2v) is 10.5. The first-order valence-corrected chi connectivity index (χ1v) is 11.8. The maximum Gasteiger partial charge on any atom is 0.254 e. The van der Waals surface area contributed by atoms with Gasteiger partial charge in [0.2, 0.25) is 10.0 Å². The molecule has 0 aliphatic carbocycles. The third kappa shape index (κ3) is 4.96. The van der Waals surface area contributed by atoms with Gasteiger partial charge in [-0.3, -0.25) is 4.79 Å². The Bertz CT molecular complexity index is 1060. The molecule has 0 saturated carbocycles. The lowest BCUT2D eigenvalue weighted by atomic mass is 9.94. The zero-order chi connectivity index (χ0) is 22.9. The lowest BCUT2D eigenvalue weighted by molar-refractivity contribution is 0.0742. The molecule has 1 fully saturated rings. The quantitative estimate of drug-likeness (QED) is 0.676. The molecule has 2 aromatic rings. The van der Waals surface area contributed by atoms with E-state index in [9.17, 15) is 22.0 Å². The zero-order valence-electron chi connectivity index (χ0n) is 18.2. The molecule has 1 aliphatic heterocycles. The van der Waals surface area contributed by atoms with Crippen molar-refractivity contribution in [1.29, 1.82) is 0 Å². The summed E-state index contributed by atoms with van der Waals surface area (Å²) in [5.74, 6) is -1.81. The molecule has 168 valence electrons. The van der Waals surface area contributed by atoms with E-state index in [0.717, 1.165) is 18.6 Å². The van der Waals surface area contributed by atoms with Gasteiger partial charge >= 0.3 is 0 Å². The number of sulfonamides is 1. The van der Waals surface area contributed by atoms with Crippen molar-refractivity contribution in [2.24, 2.45) is 11.8 Å². The maximum atomic E-state index is 13.6. The molecule has 2 aromatic carbocycles. The average Bonchev–Trinajstić information content (AvgIpc) is 2.73. The maximum absolute atomic E-state index is 13.6. The summed E-state index contributed by atoms with van der Waals surface area (Å²) < 4.78 is 54.7. The van der Waals surface area contributed by atoms with Crippen molar-refractivity contribution in [2.75, 3.05) is 20.1 Å². The van der Waals surface area contributed by atoms with Gasteiger partial charge in [-0.1, -0.05) is 26.0 Å². The van der Waals surface area contributed by atoms with Crippen LogP contribution in [0.25, 0.3) is 0 Å². The van der Waals surface area contributed by atoms with Gasteiger partial charge in [-0.25, -0.2) is 17.2 Å². The van der Waals surface area contributed by atoms with Crippen LogP contribution >= 0.6 is 0 Å². The van der Waals surface area contributed by atoms with Crippen LogP contribution in [0.2, 0.25) is 0 Å². The molecule has 5 nitrogen and oxygen atoms in total. The minimum Gasteiger partial charge on any atom is -0.335 e. The predicted octanol–water partition coefficient (Wildman–Crippen LogP) is 4.46. The van der Waals surface area contributed by atoms with E-state index in [0.29, 0.717) is 18.7 Å². The van der Waals surface area contributed by atoms with Crippen LogP contribution in [0.3, 0.4) is 0 Å². The Morgan fingerprint density at radius 2 is 1.71 bits per heavy atom. The van der Waals surface area contributed by atoms with Crippen LogP contribution < -0.4 is 0 Å². The van der Waals surface area contributed by atoms with Crippen molar-refractivity contribution >= 4 is 15.9 Å². The molecule has 1 aliphatic rings. The number of carbonyl (C=O) groups excluding carboxylic acids is 1. The Balaban J connectivity index is 1.84. The molecule has 1 amide bonds. The van der Waals surface area contributed by atoms with E-state index >= 15 is 0 Å². The monoisotopic (exact) mass is 450 g/mol. The molecule has 1 saturated heterocycles. The van der Waals surface area contributed by atoms with Crippen molar-refractivity contribution in [1.82, 2.24) is 9.21 Å². The number of rotatable bonds is 5. The number of benzene rings is 2. The van der Waals surface area contributed by atoms with Crippen molar-refractivity contribution in [2.45, 2.75) is 38.1 Å². The second kappa shape index (κ2) is 9.04. The van der Waals surface area contributed by atoms with Gasteiger partial charge in [-0.15, -0.1) is 0 Å². The van der Waals surface area contributed by atoms with Crippen LogP contribution in [-0.4, -0.2) is 43.7 Å². The highest BCUT2D eigenvalue weighted by Crippen LogP contribution is 2.28. The molecular weight excluding hydrogens is 422 g/mol. The van der Waals surface area contributed by atoms with E-state index in [1.165, 1.54) is 27.4 Å². The summed E-state index contributed by atoms with van der Waals surface area (Å²) in [5, 5.41) is 0. The average molecular weight is 451 g/mol. The first-order valence-electron chi connectivity index (χ1n) is 10.3. The third-order valence-electron chi connectivity index (χ3n) is 5.88. The van der Waals surface area contributed by atoms with Gasteiger partial charge in [0, 0.05) is 25.7 Å². The summed E-state index contributed by atoms with van der Waals surface area (Å²) >= 11 is 0. The van der Waals surface area contributed by atoms with E-state index < -0.39 is 33.6 Å². The Kier molecular flexibility index (Phi) is 6.81. The smallest absolute Gasteiger partial charge is 0.254 e. The fourth-order valence-electron chi connectivity index (χ4n) is 4.12. The number of halogens is 2. The van der Waals surface area contributed by atoms with E-state index in [2.05, 4.69) is 0 Å². The number of piperidine rings is 1. The normalized spacial score (nSPS) is 21.0. The van der Waals surface area contributed by atoms with Crippen LogP contribution in [-0.2, 0) is 10.0 Å². The number of amides is 1. The van der Waals surface area contributed by atoms with Crippen LogP contribution in [0.1, 0.15) is 49.2 Å². The molecule has 8 heteroatoms. The number of carbonyl (C=O) groups is 1. The molecule has 1 heterocycles. The van der Waals surface area contributed by atoms with E-state index in [4.69, 9.17) is 0 Å². The summed E-state index contributed by atoms with van der Waals surface area (Å²) in [6, 6.07) is 8.95. The number of hydrogen-bond acceptors (Lipinski definition) is 3. The van der Waals surface area contributed by atoms with Gasteiger partial charge in [0.05, 0.1) is 10.9 Å². The molecule has 3 rings (SSSR count). The Hall–Kier alpha value is -2.32. The van der Waals surface area contributed by atoms with Crippen molar-refractivity contribution < 1.29 is 22.0 Å². The lowest BCUT2D eigenvalue weighted by Gasteiger charge is -2.34. The van der Waals surface area contributed by atoms with Crippen LogP contribution in [0.4, 0.5) is 8.78 Å². The van der Waals surface area contributed by atoms with Gasteiger partial charge in [0.25, 0.3) is 5.91 Å². The molecule has 3 atom stereocenters. The van der Waals surface area contributed by atoms with Crippen molar-refractivity contribution in [3.05, 3.63) is 65.2 Å². The largest absolute Gasteiger partial charge is 0.335 e. The standard InChI is InChI=1S/C23H28F2N2O3S/c1-15-10-16(2)14-27(13-15)31(29,30)20-7-5-6-19(11-20)23(28)26(4)17(3)18-8-9-21(24)22(25)12-18/h5-9,11-12,15-17H,10,13-14H2,1-4H3/t15-,16-,17+/m1/s1. The molecule has 0 radical (unpaired) electrons. The topological polar surface area (TPSA) is 57.7 Å². The summed E-state index contributed by atoms with van der Waals surface area (Å²) in [4.78, 5) is 14.5. The third-order valence-corrected chi connectivity index (χ3v) is 7.71. The van der Waals surface area contributed by atoms with Crippen LogP contribution in [0.5, 0.6) is 0 Å². The summed E-state index contributed by atoms with van der Waals surface area (Å²) in [6.45, 7) is 6.68. The second-order valence-electron chi connectivity index (χ2n) is 8.56. The Morgan fingerprint density at radius 3 is 2.32 bits per heavy atom. The first-order chi connectivity index (χ1) is 14.5. The molecule has 31 heavy (non-hydrogen) atoms. The number of hydrogen-bond donors (Lipinski definition) is 0. The highest BCUT2D eigenvalue weighted by atomic mass is 32.2. The molecule has 0 bridgehead atoms. The van der Waals surface area contributed by atoms with Crippen LogP contribution in [0, 0.1) is 23.5 Å². The lowest BCUT2D eigenvalue weighted by Crippen LogP contribution is -2.42. The first kappa shape index (κ1) is 23.3. The Morgan fingerprint density at radius 1 is 1.06 bits per heavy atom. The van der Waals surface area contributed by atoms with Crippen molar-refractivity contribution in [3.63, 3.8) is 0 Å². The van der Waals surface area contributed by atoms with Crippen molar-refractivity contribution in [3.8, 4) is 0 Å². The number of nitrogens with zero attached hydrogens (tertiary/aromatic N) is 2. The van der Waals surface area contributed by atoms with Gasteiger partial charge < -0.3 is 4.90 Å². The summed E-state index contributed by atoms with van der Waals surface area (Å²) in [6.07, 6.45) is 0.983. The summed E-state index contributed by atoms with van der Waals surface area (Å²) in [5.41, 5.74) is 0.658. The van der Waals surface area contributed by atoms with Gasteiger partial charge in [-0.05, 0) is 61.1 Å². The van der Waals surface area contributed by atoms with E-state index in [1.807, 2.05) is 13.8 Å². The summed E-state index contributed by atoms with van der Waals surface area (Å²) in [7, 11) is -2.18. The highest BCUT2D eigenvalue weighted by Gasteiger charge is 2.32. The predicted molar refractivity (Wildman–Crippen MR) is 115 cm³/mol. The zero-order valence-corrected chi connectivity index (χ0v) is 19.0. The van der Waals surface area contributed by atoms with E-state index in [1.54, 1.807) is 26.1 Å². The molecule has 0 N–H and O–H groups in total. The molecule has 0 aromatic heterocycles. The van der Waals surface area contributed by atoms with Gasteiger partial charge in [0.15, 0.2) is 11.6 Å². The van der Waals surface area contributed by atoms with Gasteiger partial charge in [0.1, 0.15) is 0 Å².